The Morgan fingerprint density at radius 2 is 1.25 bits per heavy atom. The number of fused-ring (bicyclic) bond motifs is 2. The maximum atomic E-state index is 12.6. The van der Waals surface area contributed by atoms with Crippen LogP contribution in [-0.2, 0) is 10.1 Å². The van der Waals surface area contributed by atoms with Gasteiger partial charge in [-0.1, -0.05) is 24.3 Å². The first kappa shape index (κ1) is 36.0. The normalized spacial score (nSPS) is 12.0. The number of hydrogen-bond donors (Lipinski definition) is 5. The van der Waals surface area contributed by atoms with Crippen molar-refractivity contribution in [3.63, 3.8) is 0 Å². The van der Waals surface area contributed by atoms with E-state index in [2.05, 4.69) is 36.0 Å². The van der Waals surface area contributed by atoms with E-state index in [1.54, 1.807) is 116 Å². The van der Waals surface area contributed by atoms with Crippen LogP contribution >= 0.6 is 0 Å². The summed E-state index contributed by atoms with van der Waals surface area (Å²) in [6.07, 6.45) is 0. The van der Waals surface area contributed by atoms with Gasteiger partial charge in [0.05, 0.1) is 22.7 Å². The second kappa shape index (κ2) is 14.9. The molecule has 0 spiro atoms. The molecule has 7 aromatic rings. The van der Waals surface area contributed by atoms with Gasteiger partial charge in [-0.2, -0.15) is 28.9 Å². The molecule has 7 rings (SSSR count). The fourth-order valence-corrected chi connectivity index (χ4v) is 6.30. The molecule has 0 aliphatic carbocycles. The molecule has 15 heteroatoms. The van der Waals surface area contributed by atoms with Crippen molar-refractivity contribution in [1.82, 2.24) is 0 Å². The minimum atomic E-state index is -4.41. The average molecular weight is 751 g/mol. The predicted molar refractivity (Wildman–Crippen MR) is 210 cm³/mol. The van der Waals surface area contributed by atoms with Gasteiger partial charge in [0.25, 0.3) is 16.0 Å². The first-order valence-electron chi connectivity index (χ1n) is 16.5. The summed E-state index contributed by atoms with van der Waals surface area (Å²) in [5, 5.41) is 51.9. The molecule has 0 heterocycles. The van der Waals surface area contributed by atoms with Crippen molar-refractivity contribution in [2.24, 2.45) is 30.7 Å². The molecule has 0 aliphatic rings. The molecule has 0 aromatic heterocycles. The van der Waals surface area contributed by atoms with Crippen LogP contribution in [0.3, 0.4) is 0 Å². The first-order valence-corrected chi connectivity index (χ1v) is 18.0. The molecule has 0 fully saturated rings. The van der Waals surface area contributed by atoms with Crippen molar-refractivity contribution in [1.29, 1.82) is 0 Å². The molecular weight excluding hydrogens is 721 g/mol. The Kier molecular flexibility index (Phi) is 9.78. The van der Waals surface area contributed by atoms with Crippen LogP contribution in [0.1, 0.15) is 15.9 Å². The molecule has 0 radical (unpaired) electrons. The number of anilines is 2. The quantitative estimate of drug-likeness (QED) is 0.0544. The zero-order chi connectivity index (χ0) is 38.7. The molecule has 14 nitrogen and oxygen atoms in total. The lowest BCUT2D eigenvalue weighted by molar-refractivity contribution is 0.102. The summed E-state index contributed by atoms with van der Waals surface area (Å²) in [7, 11) is -4.41. The second-order valence-corrected chi connectivity index (χ2v) is 13.7. The third-order valence-electron chi connectivity index (χ3n) is 8.47. The third-order valence-corrected chi connectivity index (χ3v) is 9.38. The van der Waals surface area contributed by atoms with Gasteiger partial charge in [-0.15, -0.1) is 10.2 Å². The van der Waals surface area contributed by atoms with E-state index in [1.807, 2.05) is 0 Å². The van der Waals surface area contributed by atoms with E-state index in [0.29, 0.717) is 66.8 Å². The zero-order valence-corrected chi connectivity index (χ0v) is 29.7. The number of aryl methyl sites for hydroxylation is 1. The van der Waals surface area contributed by atoms with Crippen LogP contribution in [0.25, 0.3) is 21.5 Å². The summed E-state index contributed by atoms with van der Waals surface area (Å²) in [6.45, 7) is 1.78. The van der Waals surface area contributed by atoms with Gasteiger partial charge in [0, 0.05) is 33.8 Å². The Morgan fingerprint density at radius 1 is 0.618 bits per heavy atom. The maximum absolute atomic E-state index is 12.6. The van der Waals surface area contributed by atoms with Crippen molar-refractivity contribution in [3.05, 3.63) is 139 Å². The van der Waals surface area contributed by atoms with E-state index in [1.165, 1.54) is 18.2 Å². The topological polar surface area (TPSA) is 224 Å². The monoisotopic (exact) mass is 750 g/mol. The number of aromatic hydroxyl groups is 2. The fraction of sp³-hybridized carbons (Fsp3) is 0.0250. The van der Waals surface area contributed by atoms with Crippen LogP contribution in [0.15, 0.2) is 163 Å². The SMILES string of the molecule is Cc1cc(N=Nc2ccc3cc(NC(=O)c4ccc(N)cc4)ccc3c2O)c(O)cc1N=Nc1ccc(N=Nc2ccc3cccc(S(=O)(=O)O)c3c2)cc1. The number of hydrogen-bond acceptors (Lipinski definition) is 12. The van der Waals surface area contributed by atoms with Crippen molar-refractivity contribution < 1.29 is 28.0 Å². The number of nitrogen functional groups attached to an aromatic ring is 1. The van der Waals surface area contributed by atoms with Gasteiger partial charge in [-0.05, 0) is 120 Å². The molecule has 0 saturated carbocycles. The number of phenols is 2. The van der Waals surface area contributed by atoms with Crippen molar-refractivity contribution >= 4 is 83.1 Å². The number of carbonyl (C=O) groups excluding carboxylic acids is 1. The van der Waals surface area contributed by atoms with Crippen molar-refractivity contribution in [3.8, 4) is 11.5 Å². The number of nitrogens with one attached hydrogen (secondary N) is 1. The van der Waals surface area contributed by atoms with Crippen molar-refractivity contribution in [2.75, 3.05) is 11.1 Å². The lowest BCUT2D eigenvalue weighted by Crippen LogP contribution is -2.11. The molecule has 0 aliphatic heterocycles. The van der Waals surface area contributed by atoms with Gasteiger partial charge in [0.2, 0.25) is 0 Å². The van der Waals surface area contributed by atoms with Gasteiger partial charge in [0.15, 0.2) is 5.75 Å². The van der Waals surface area contributed by atoms with Gasteiger partial charge in [0.1, 0.15) is 22.0 Å². The number of benzene rings is 7. The molecular formula is C40H30N8O6S. The first-order chi connectivity index (χ1) is 26.4. The van der Waals surface area contributed by atoms with E-state index < -0.39 is 10.1 Å². The van der Waals surface area contributed by atoms with Gasteiger partial charge < -0.3 is 21.3 Å². The van der Waals surface area contributed by atoms with Crippen LogP contribution in [0.5, 0.6) is 11.5 Å². The summed E-state index contributed by atoms with van der Waals surface area (Å²) >= 11 is 0. The Hall–Kier alpha value is -7.36. The molecule has 55 heavy (non-hydrogen) atoms. The number of rotatable bonds is 9. The number of nitrogens with two attached hydrogens (primary N) is 1. The predicted octanol–water partition coefficient (Wildman–Crippen LogP) is 11.0. The highest BCUT2D eigenvalue weighted by atomic mass is 32.2. The lowest BCUT2D eigenvalue weighted by Gasteiger charge is -2.09. The Balaban J connectivity index is 1.01. The summed E-state index contributed by atoms with van der Waals surface area (Å²) in [5.74, 6) is -0.610. The average Bonchev–Trinajstić information content (AvgIpc) is 3.17. The molecule has 6 N–H and O–H groups in total. The Labute approximate surface area is 313 Å². The van der Waals surface area contributed by atoms with Crippen LogP contribution in [-0.4, -0.2) is 29.1 Å². The number of azo groups is 3. The van der Waals surface area contributed by atoms with Gasteiger partial charge in [-0.3, -0.25) is 9.35 Å². The zero-order valence-electron chi connectivity index (χ0n) is 28.9. The molecule has 1 amide bonds. The summed E-state index contributed by atoms with van der Waals surface area (Å²) in [4.78, 5) is 12.4. The Morgan fingerprint density at radius 3 is 1.98 bits per heavy atom. The van der Waals surface area contributed by atoms with E-state index in [-0.39, 0.29) is 33.7 Å². The van der Waals surface area contributed by atoms with Crippen molar-refractivity contribution in [2.45, 2.75) is 11.8 Å². The fourth-order valence-electron chi connectivity index (χ4n) is 5.60. The summed E-state index contributed by atoms with van der Waals surface area (Å²) in [5.41, 5.74) is 10.1. The minimum absolute atomic E-state index is 0.116. The highest BCUT2D eigenvalue weighted by Gasteiger charge is 2.14. The van der Waals surface area contributed by atoms with Crippen LogP contribution < -0.4 is 11.1 Å². The maximum Gasteiger partial charge on any atom is 0.295 e. The number of amides is 1. The standard InChI is InChI=1S/C40H30N8O6S/c1-23-19-36(48-46-34-18-8-26-20-30(16-17-32(26)39(34)50)42-40(51)25-5-9-27(41)10-6-25)37(49)22-35(23)47-44-29-14-12-28(13-15-29)43-45-31-11-7-24-3-2-4-38(33(24)21-31)55(52,53)54/h2-22,49-50H,41H2,1H3,(H,42,51)(H,52,53,54). The molecule has 0 saturated heterocycles. The number of phenolic OH excluding ortho intramolecular Hbond substituents is 2. The molecule has 0 unspecified atom stereocenters. The smallest absolute Gasteiger partial charge is 0.295 e. The van der Waals surface area contributed by atoms with Gasteiger partial charge >= 0.3 is 0 Å². The summed E-state index contributed by atoms with van der Waals surface area (Å²) < 4.78 is 33.2. The van der Waals surface area contributed by atoms with Gasteiger partial charge in [-0.25, -0.2) is 0 Å². The van der Waals surface area contributed by atoms with Crippen LogP contribution in [0.4, 0.5) is 45.5 Å². The Bertz CT molecular complexity index is 2820. The lowest BCUT2D eigenvalue weighted by atomic mass is 10.1. The van der Waals surface area contributed by atoms with E-state index in [4.69, 9.17) is 5.73 Å². The number of nitrogens with zero attached hydrogens (tertiary/aromatic N) is 6. The molecule has 0 bridgehead atoms. The van der Waals surface area contributed by atoms with E-state index >= 15 is 0 Å². The van der Waals surface area contributed by atoms with Crippen LogP contribution in [0, 0.1) is 6.92 Å². The largest absolute Gasteiger partial charge is 0.506 e. The molecule has 0 atom stereocenters. The summed E-state index contributed by atoms with van der Waals surface area (Å²) in [6, 6.07) is 34.2. The molecule has 7 aromatic carbocycles. The highest BCUT2D eigenvalue weighted by molar-refractivity contribution is 7.86. The van der Waals surface area contributed by atoms with Crippen LogP contribution in [0.2, 0.25) is 0 Å². The highest BCUT2D eigenvalue weighted by Crippen LogP contribution is 2.40. The second-order valence-electron chi connectivity index (χ2n) is 12.3. The number of carbonyl (C=O) groups is 1. The minimum Gasteiger partial charge on any atom is -0.506 e. The van der Waals surface area contributed by atoms with E-state index in [9.17, 15) is 28.0 Å². The molecule has 272 valence electrons. The third kappa shape index (κ3) is 8.17. The van der Waals surface area contributed by atoms with E-state index in [0.717, 1.165) is 0 Å².